The number of H-pyrrole nitrogens is 1. The number of benzene rings is 1. The second-order valence-corrected chi connectivity index (χ2v) is 10.8. The van der Waals surface area contributed by atoms with Crippen molar-refractivity contribution in [3.05, 3.63) is 62.0 Å². The lowest BCUT2D eigenvalue weighted by Gasteiger charge is -2.33. The summed E-state index contributed by atoms with van der Waals surface area (Å²) in [6.45, 7) is 9.43. The molecule has 1 amide bonds. The second-order valence-electron chi connectivity index (χ2n) is 9.76. The van der Waals surface area contributed by atoms with Crippen LogP contribution in [0.15, 0.2) is 29.1 Å². The van der Waals surface area contributed by atoms with Gasteiger partial charge in [-0.3, -0.25) is 9.59 Å². The molecule has 0 radical (unpaired) electrons. The first-order valence-electron chi connectivity index (χ1n) is 11.1. The average molecular weight is 438 g/mol. The molecular formula is C25H31N3O2S. The molecule has 6 heteroatoms. The van der Waals surface area contributed by atoms with E-state index in [1.807, 2.05) is 31.2 Å². The Bertz CT molecular complexity index is 1150. The van der Waals surface area contributed by atoms with E-state index in [0.717, 1.165) is 35.0 Å². The minimum atomic E-state index is -0.0632. The molecule has 0 fully saturated rings. The molecule has 2 aromatic heterocycles. The topological polar surface area (TPSA) is 74.8 Å². The van der Waals surface area contributed by atoms with E-state index in [4.69, 9.17) is 4.98 Å². The highest BCUT2D eigenvalue weighted by atomic mass is 32.1. The fourth-order valence-corrected chi connectivity index (χ4v) is 5.63. The summed E-state index contributed by atoms with van der Waals surface area (Å²) in [5, 5.41) is 3.71. The SMILES string of the molecule is Cc1ccc(CNC(=O)CCc2nc3sc4c(c3c(=O)[nH]2)CC[C@H](C(C)(C)C)C4)cc1. The summed E-state index contributed by atoms with van der Waals surface area (Å²) in [5.41, 5.74) is 3.67. The lowest BCUT2D eigenvalue weighted by Crippen LogP contribution is -2.26. The Morgan fingerprint density at radius 1 is 1.26 bits per heavy atom. The molecule has 1 aromatic carbocycles. The number of hydrogen-bond acceptors (Lipinski definition) is 4. The van der Waals surface area contributed by atoms with Crippen molar-refractivity contribution in [2.75, 3.05) is 0 Å². The summed E-state index contributed by atoms with van der Waals surface area (Å²) in [6.07, 6.45) is 3.82. The van der Waals surface area contributed by atoms with Crippen LogP contribution >= 0.6 is 11.3 Å². The van der Waals surface area contributed by atoms with Crippen molar-refractivity contribution < 1.29 is 4.79 Å². The number of fused-ring (bicyclic) bond motifs is 3. The van der Waals surface area contributed by atoms with E-state index < -0.39 is 0 Å². The molecule has 4 rings (SSSR count). The number of thiophene rings is 1. The molecule has 2 N–H and O–H groups in total. The van der Waals surface area contributed by atoms with Crippen LogP contribution in [0.4, 0.5) is 0 Å². The zero-order valence-corrected chi connectivity index (χ0v) is 19.6. The number of nitrogens with one attached hydrogen (secondary N) is 2. The molecular weight excluding hydrogens is 406 g/mol. The first-order valence-corrected chi connectivity index (χ1v) is 11.9. The van der Waals surface area contributed by atoms with Crippen molar-refractivity contribution in [3.8, 4) is 0 Å². The summed E-state index contributed by atoms with van der Waals surface area (Å²) in [7, 11) is 0. The molecule has 1 aliphatic rings. The molecule has 31 heavy (non-hydrogen) atoms. The minimum Gasteiger partial charge on any atom is -0.352 e. The van der Waals surface area contributed by atoms with E-state index in [9.17, 15) is 9.59 Å². The highest BCUT2D eigenvalue weighted by Gasteiger charge is 2.31. The third-order valence-corrected chi connectivity index (χ3v) is 7.54. The van der Waals surface area contributed by atoms with Gasteiger partial charge in [-0.15, -0.1) is 11.3 Å². The van der Waals surface area contributed by atoms with Gasteiger partial charge in [-0.05, 0) is 48.6 Å². The fraction of sp³-hybridized carbons (Fsp3) is 0.480. The van der Waals surface area contributed by atoms with Gasteiger partial charge >= 0.3 is 0 Å². The van der Waals surface area contributed by atoms with Gasteiger partial charge in [0.25, 0.3) is 5.56 Å². The van der Waals surface area contributed by atoms with E-state index in [1.165, 1.54) is 16.0 Å². The average Bonchev–Trinajstić information content (AvgIpc) is 3.09. The Morgan fingerprint density at radius 3 is 2.71 bits per heavy atom. The number of nitrogens with zero attached hydrogens (tertiary/aromatic N) is 1. The molecule has 0 unspecified atom stereocenters. The van der Waals surface area contributed by atoms with Crippen LogP contribution in [-0.2, 0) is 30.6 Å². The van der Waals surface area contributed by atoms with Crippen LogP contribution in [0.5, 0.6) is 0 Å². The third-order valence-electron chi connectivity index (χ3n) is 6.39. The molecule has 1 aliphatic carbocycles. The first-order chi connectivity index (χ1) is 14.7. The number of aromatic nitrogens is 2. The zero-order valence-electron chi connectivity index (χ0n) is 18.8. The largest absolute Gasteiger partial charge is 0.352 e. The van der Waals surface area contributed by atoms with Crippen molar-refractivity contribution in [3.63, 3.8) is 0 Å². The monoisotopic (exact) mass is 437 g/mol. The van der Waals surface area contributed by atoms with Crippen LogP contribution in [0, 0.1) is 18.3 Å². The molecule has 3 aromatic rings. The van der Waals surface area contributed by atoms with Crippen LogP contribution in [0.1, 0.15) is 61.0 Å². The lowest BCUT2D eigenvalue weighted by atomic mass is 9.72. The maximum atomic E-state index is 12.8. The molecule has 2 heterocycles. The molecule has 1 atom stereocenters. The lowest BCUT2D eigenvalue weighted by molar-refractivity contribution is -0.121. The molecule has 0 spiro atoms. The Balaban J connectivity index is 1.43. The summed E-state index contributed by atoms with van der Waals surface area (Å²) in [5.74, 6) is 1.18. The highest BCUT2D eigenvalue weighted by Crippen LogP contribution is 2.41. The van der Waals surface area contributed by atoms with Gasteiger partial charge in [0.05, 0.1) is 5.39 Å². The number of carbonyl (C=O) groups excluding carboxylic acids is 1. The number of hydrogen-bond donors (Lipinski definition) is 2. The molecule has 0 saturated heterocycles. The Labute approximate surface area is 187 Å². The second kappa shape index (κ2) is 8.58. The van der Waals surface area contributed by atoms with Crippen molar-refractivity contribution in [2.24, 2.45) is 11.3 Å². The minimum absolute atomic E-state index is 0.0400. The van der Waals surface area contributed by atoms with Crippen molar-refractivity contribution in [1.82, 2.24) is 15.3 Å². The van der Waals surface area contributed by atoms with Gasteiger partial charge in [0.1, 0.15) is 10.7 Å². The number of carbonyl (C=O) groups is 1. The van der Waals surface area contributed by atoms with E-state index in [1.54, 1.807) is 11.3 Å². The van der Waals surface area contributed by atoms with E-state index in [0.29, 0.717) is 31.1 Å². The van der Waals surface area contributed by atoms with Crippen LogP contribution in [-0.4, -0.2) is 15.9 Å². The maximum absolute atomic E-state index is 12.8. The van der Waals surface area contributed by atoms with Gasteiger partial charge in [0.15, 0.2) is 0 Å². The number of aromatic amines is 1. The van der Waals surface area contributed by atoms with Gasteiger partial charge in [0.2, 0.25) is 5.91 Å². The van der Waals surface area contributed by atoms with Crippen LogP contribution in [0.2, 0.25) is 0 Å². The molecule has 5 nitrogen and oxygen atoms in total. The number of rotatable bonds is 5. The summed E-state index contributed by atoms with van der Waals surface area (Å²) < 4.78 is 0. The Morgan fingerprint density at radius 2 is 2.00 bits per heavy atom. The first kappa shape index (κ1) is 21.8. The van der Waals surface area contributed by atoms with Gasteiger partial charge in [-0.1, -0.05) is 50.6 Å². The summed E-state index contributed by atoms with van der Waals surface area (Å²) in [6, 6.07) is 8.11. The molecule has 0 saturated carbocycles. The van der Waals surface area contributed by atoms with Gasteiger partial charge in [-0.25, -0.2) is 4.98 Å². The predicted molar refractivity (Wildman–Crippen MR) is 127 cm³/mol. The fourth-order valence-electron chi connectivity index (χ4n) is 4.31. The Kier molecular flexibility index (Phi) is 6.02. The van der Waals surface area contributed by atoms with Crippen LogP contribution in [0.25, 0.3) is 10.2 Å². The van der Waals surface area contributed by atoms with Crippen molar-refractivity contribution >= 4 is 27.5 Å². The summed E-state index contributed by atoms with van der Waals surface area (Å²) >= 11 is 1.66. The molecule has 0 aliphatic heterocycles. The Hall–Kier alpha value is -2.47. The number of amides is 1. The van der Waals surface area contributed by atoms with Gasteiger partial charge in [0, 0.05) is 24.3 Å². The van der Waals surface area contributed by atoms with Gasteiger partial charge < -0.3 is 10.3 Å². The predicted octanol–water partition coefficient (Wildman–Crippen LogP) is 4.69. The van der Waals surface area contributed by atoms with Crippen molar-refractivity contribution in [2.45, 2.75) is 66.3 Å². The quantitative estimate of drug-likeness (QED) is 0.608. The standard InChI is InChI=1S/C25H31N3O2S/c1-15-5-7-16(8-6-15)14-26-21(29)12-11-20-27-23(30)22-18-10-9-17(25(2,3)4)13-19(18)31-24(22)28-20/h5-8,17H,9-14H2,1-4H3,(H,26,29)(H,27,28,30)/t17-/m0/s1. The van der Waals surface area contributed by atoms with E-state index in [-0.39, 0.29) is 16.9 Å². The molecule has 0 bridgehead atoms. The number of aryl methyl sites for hydroxylation is 3. The maximum Gasteiger partial charge on any atom is 0.259 e. The summed E-state index contributed by atoms with van der Waals surface area (Å²) in [4.78, 5) is 34.8. The highest BCUT2D eigenvalue weighted by molar-refractivity contribution is 7.18. The normalized spacial score (nSPS) is 16.3. The zero-order chi connectivity index (χ0) is 22.2. The smallest absolute Gasteiger partial charge is 0.259 e. The molecule has 164 valence electrons. The van der Waals surface area contributed by atoms with Crippen LogP contribution < -0.4 is 10.9 Å². The van der Waals surface area contributed by atoms with Crippen molar-refractivity contribution in [1.29, 1.82) is 0 Å². The third kappa shape index (κ3) is 4.90. The van der Waals surface area contributed by atoms with E-state index in [2.05, 4.69) is 31.1 Å². The van der Waals surface area contributed by atoms with Gasteiger partial charge in [-0.2, -0.15) is 0 Å². The van der Waals surface area contributed by atoms with E-state index >= 15 is 0 Å². The van der Waals surface area contributed by atoms with Crippen LogP contribution in [0.3, 0.4) is 0 Å².